The fraction of sp³-hybridized carbons (Fsp3) is 0.188. The summed E-state index contributed by atoms with van der Waals surface area (Å²) in [5.41, 5.74) is 3.08. The molecule has 1 heterocycles. The van der Waals surface area contributed by atoms with Gasteiger partial charge in [0.1, 0.15) is 0 Å². The fourth-order valence-electron chi connectivity index (χ4n) is 4.82. The van der Waals surface area contributed by atoms with E-state index in [0.717, 1.165) is 33.8 Å². The van der Waals surface area contributed by atoms with Crippen LogP contribution in [0.1, 0.15) is 37.5 Å². The third-order valence-electron chi connectivity index (χ3n) is 6.49. The van der Waals surface area contributed by atoms with Gasteiger partial charge in [0.25, 0.3) is 0 Å². The van der Waals surface area contributed by atoms with E-state index in [1.165, 1.54) is 0 Å². The number of hydroxylamine groups is 1. The molecule has 5 heteroatoms. The standard InChI is InChI=1S/C32H30N2O3/c1-4-36-30(35)31(2,3)37-34-28-23-15-14-22-27(28)29(33-26-20-12-7-13-21-26)32(34,24-16-8-5-9-17-24)25-18-10-6-11-19-25/h5-23H,4H2,1-3H3. The molecule has 186 valence electrons. The highest BCUT2D eigenvalue weighted by molar-refractivity contribution is 6.19. The normalized spacial score (nSPS) is 15.4. The SMILES string of the molecule is CCOC(=O)C(C)(C)ON1c2ccccc2C(=Nc2ccccc2)C1(c1ccccc1)c1ccccc1. The van der Waals surface area contributed by atoms with Crippen molar-refractivity contribution in [2.45, 2.75) is 31.9 Å². The van der Waals surface area contributed by atoms with Crippen LogP contribution in [0.25, 0.3) is 0 Å². The lowest BCUT2D eigenvalue weighted by Crippen LogP contribution is -2.54. The molecule has 0 saturated carbocycles. The molecule has 0 radical (unpaired) electrons. The van der Waals surface area contributed by atoms with Gasteiger partial charge in [-0.15, -0.1) is 0 Å². The highest BCUT2D eigenvalue weighted by atomic mass is 16.7. The highest BCUT2D eigenvalue weighted by Gasteiger charge is 2.55. The Balaban J connectivity index is 1.85. The van der Waals surface area contributed by atoms with Crippen LogP contribution in [0.3, 0.4) is 0 Å². The molecule has 0 atom stereocenters. The summed E-state index contributed by atoms with van der Waals surface area (Å²) >= 11 is 0. The lowest BCUT2D eigenvalue weighted by molar-refractivity contribution is -0.171. The molecule has 4 aromatic carbocycles. The van der Waals surface area contributed by atoms with Crippen LogP contribution in [0, 0.1) is 0 Å². The fourth-order valence-corrected chi connectivity index (χ4v) is 4.82. The molecule has 0 amide bonds. The van der Waals surface area contributed by atoms with E-state index in [4.69, 9.17) is 14.6 Å². The Hall–Kier alpha value is -4.22. The molecule has 37 heavy (non-hydrogen) atoms. The minimum Gasteiger partial charge on any atom is -0.464 e. The first kappa shape index (κ1) is 24.5. The molecular weight excluding hydrogens is 460 g/mol. The zero-order valence-electron chi connectivity index (χ0n) is 21.3. The van der Waals surface area contributed by atoms with Crippen LogP contribution in [0.4, 0.5) is 11.4 Å². The number of ether oxygens (including phenoxy) is 1. The van der Waals surface area contributed by atoms with Crippen molar-refractivity contribution in [3.63, 3.8) is 0 Å². The Labute approximate surface area is 218 Å². The molecule has 5 rings (SSSR count). The topological polar surface area (TPSA) is 51.1 Å². The van der Waals surface area contributed by atoms with Crippen LogP contribution in [0.5, 0.6) is 0 Å². The minimum atomic E-state index is -1.26. The van der Waals surface area contributed by atoms with Crippen molar-refractivity contribution in [2.75, 3.05) is 11.7 Å². The quantitative estimate of drug-likeness (QED) is 0.266. The van der Waals surface area contributed by atoms with Crippen molar-refractivity contribution in [2.24, 2.45) is 4.99 Å². The molecule has 0 spiro atoms. The number of carbonyl (C=O) groups is 1. The van der Waals surface area contributed by atoms with Gasteiger partial charge in [-0.05, 0) is 50.1 Å². The number of hydrogen-bond acceptors (Lipinski definition) is 5. The predicted molar refractivity (Wildman–Crippen MR) is 147 cm³/mol. The molecule has 5 nitrogen and oxygen atoms in total. The summed E-state index contributed by atoms with van der Waals surface area (Å²) in [6.45, 7) is 5.54. The van der Waals surface area contributed by atoms with E-state index >= 15 is 0 Å². The van der Waals surface area contributed by atoms with E-state index in [1.54, 1.807) is 20.8 Å². The van der Waals surface area contributed by atoms with Gasteiger partial charge in [0.2, 0.25) is 0 Å². The van der Waals surface area contributed by atoms with E-state index in [-0.39, 0.29) is 6.61 Å². The first-order valence-electron chi connectivity index (χ1n) is 12.5. The van der Waals surface area contributed by atoms with Crippen LogP contribution >= 0.6 is 0 Å². The predicted octanol–water partition coefficient (Wildman–Crippen LogP) is 6.84. The number of aliphatic imine (C=N–C) groups is 1. The molecular formula is C32H30N2O3. The van der Waals surface area contributed by atoms with Gasteiger partial charge in [-0.2, -0.15) is 0 Å². The maximum atomic E-state index is 13.0. The number of nitrogens with zero attached hydrogens (tertiary/aromatic N) is 2. The van der Waals surface area contributed by atoms with E-state index in [9.17, 15) is 4.79 Å². The van der Waals surface area contributed by atoms with Crippen molar-refractivity contribution in [3.8, 4) is 0 Å². The van der Waals surface area contributed by atoms with Crippen LogP contribution < -0.4 is 5.06 Å². The maximum Gasteiger partial charge on any atom is 0.340 e. The minimum absolute atomic E-state index is 0.269. The van der Waals surface area contributed by atoms with Gasteiger partial charge in [0, 0.05) is 5.56 Å². The molecule has 1 aliphatic heterocycles. The van der Waals surface area contributed by atoms with Crippen LogP contribution in [0.2, 0.25) is 0 Å². The second kappa shape index (κ2) is 10.0. The largest absolute Gasteiger partial charge is 0.464 e. The van der Waals surface area contributed by atoms with Gasteiger partial charge in [-0.25, -0.2) is 14.9 Å². The number of esters is 1. The monoisotopic (exact) mass is 490 g/mol. The smallest absolute Gasteiger partial charge is 0.340 e. The van der Waals surface area contributed by atoms with Gasteiger partial charge in [-0.1, -0.05) is 97.1 Å². The summed E-state index contributed by atoms with van der Waals surface area (Å²) in [7, 11) is 0. The van der Waals surface area contributed by atoms with Crippen molar-refractivity contribution in [3.05, 3.63) is 132 Å². The molecule has 0 fully saturated rings. The number of fused-ring (bicyclic) bond motifs is 1. The zero-order chi connectivity index (χ0) is 25.9. The molecule has 0 N–H and O–H groups in total. The van der Waals surface area contributed by atoms with Gasteiger partial charge >= 0.3 is 5.97 Å². The van der Waals surface area contributed by atoms with Crippen LogP contribution in [-0.2, 0) is 19.9 Å². The lowest BCUT2D eigenvalue weighted by atomic mass is 9.78. The number of rotatable bonds is 7. The molecule has 0 unspecified atom stereocenters. The first-order valence-corrected chi connectivity index (χ1v) is 12.5. The third kappa shape index (κ3) is 4.32. The number of anilines is 1. The van der Waals surface area contributed by atoms with Crippen molar-refractivity contribution < 1.29 is 14.4 Å². The molecule has 0 aromatic heterocycles. The lowest BCUT2D eigenvalue weighted by Gasteiger charge is -2.43. The zero-order valence-corrected chi connectivity index (χ0v) is 21.3. The third-order valence-corrected chi connectivity index (χ3v) is 6.49. The number of hydrogen-bond donors (Lipinski definition) is 0. The van der Waals surface area contributed by atoms with E-state index in [1.807, 2.05) is 90.0 Å². The van der Waals surface area contributed by atoms with Gasteiger partial charge in [0.05, 0.1) is 23.7 Å². The molecule has 4 aromatic rings. The van der Waals surface area contributed by atoms with E-state index in [0.29, 0.717) is 0 Å². The Morgan fingerprint density at radius 3 is 1.86 bits per heavy atom. The number of benzene rings is 4. The van der Waals surface area contributed by atoms with Gasteiger partial charge < -0.3 is 4.74 Å². The average molecular weight is 491 g/mol. The Bertz CT molecular complexity index is 1360. The number of para-hydroxylation sites is 2. The summed E-state index contributed by atoms with van der Waals surface area (Å²) in [6.07, 6.45) is 0. The van der Waals surface area contributed by atoms with Crippen molar-refractivity contribution in [1.29, 1.82) is 0 Å². The number of carbonyl (C=O) groups excluding carboxylic acids is 1. The molecule has 0 saturated heterocycles. The summed E-state index contributed by atoms with van der Waals surface area (Å²) in [6, 6.07) is 38.3. The Morgan fingerprint density at radius 1 is 0.784 bits per heavy atom. The van der Waals surface area contributed by atoms with Crippen molar-refractivity contribution in [1.82, 2.24) is 0 Å². The second-order valence-electron chi connectivity index (χ2n) is 9.37. The first-order chi connectivity index (χ1) is 18.0. The second-order valence-corrected chi connectivity index (χ2v) is 9.37. The van der Waals surface area contributed by atoms with Crippen LogP contribution in [-0.4, -0.2) is 23.9 Å². The Kier molecular flexibility index (Phi) is 6.64. The summed E-state index contributed by atoms with van der Waals surface area (Å²) in [5.74, 6) is -0.434. The van der Waals surface area contributed by atoms with Gasteiger partial charge in [-0.3, -0.25) is 4.84 Å². The van der Waals surface area contributed by atoms with Gasteiger partial charge in [0.15, 0.2) is 11.1 Å². The highest BCUT2D eigenvalue weighted by Crippen LogP contribution is 2.51. The maximum absolute atomic E-state index is 13.0. The summed E-state index contributed by atoms with van der Waals surface area (Å²) in [4.78, 5) is 25.0. The molecule has 0 bridgehead atoms. The summed E-state index contributed by atoms with van der Waals surface area (Å²) in [5, 5.41) is 1.85. The molecule has 0 aliphatic carbocycles. The van der Waals surface area contributed by atoms with E-state index < -0.39 is 17.1 Å². The van der Waals surface area contributed by atoms with Crippen molar-refractivity contribution >= 4 is 23.1 Å². The van der Waals surface area contributed by atoms with Crippen LogP contribution in [0.15, 0.2) is 120 Å². The Morgan fingerprint density at radius 2 is 1.30 bits per heavy atom. The molecule has 1 aliphatic rings. The van der Waals surface area contributed by atoms with E-state index in [2.05, 4.69) is 30.3 Å². The average Bonchev–Trinajstić information content (AvgIpc) is 3.20. The summed E-state index contributed by atoms with van der Waals surface area (Å²) < 4.78 is 5.39.